The first-order valence-corrected chi connectivity index (χ1v) is 10.8. The lowest BCUT2D eigenvalue weighted by atomic mass is 9.94. The summed E-state index contributed by atoms with van der Waals surface area (Å²) < 4.78 is 5.33. The fourth-order valence-electron chi connectivity index (χ4n) is 4.60. The Labute approximate surface area is 173 Å². The number of carbonyl (C=O) groups excluding carboxylic acids is 1. The fraction of sp³-hybridized carbons (Fsp3) is 0.458. The van der Waals surface area contributed by atoms with E-state index in [1.54, 1.807) is 12.0 Å². The minimum absolute atomic E-state index is 0.201. The average Bonchev–Trinajstić information content (AvgIpc) is 2.80. The summed E-state index contributed by atoms with van der Waals surface area (Å²) in [7, 11) is 1.71. The molecule has 0 aromatic heterocycles. The molecular formula is C24H32N3O2+. The summed E-state index contributed by atoms with van der Waals surface area (Å²) in [5.41, 5.74) is 2.57. The number of para-hydroxylation sites is 1. The van der Waals surface area contributed by atoms with E-state index < -0.39 is 0 Å². The molecule has 2 aromatic carbocycles. The number of hydrogen-bond donors (Lipinski definition) is 1. The van der Waals surface area contributed by atoms with Crippen LogP contribution in [0.15, 0.2) is 54.6 Å². The van der Waals surface area contributed by atoms with Crippen molar-refractivity contribution < 1.29 is 14.4 Å². The third-order valence-electron chi connectivity index (χ3n) is 6.34. The molecule has 0 saturated carbocycles. The number of methoxy groups -OCH3 is 1. The van der Waals surface area contributed by atoms with Gasteiger partial charge in [0.05, 0.1) is 20.2 Å². The highest BCUT2D eigenvalue weighted by atomic mass is 16.5. The second-order valence-corrected chi connectivity index (χ2v) is 8.20. The molecule has 2 saturated heterocycles. The predicted molar refractivity (Wildman–Crippen MR) is 115 cm³/mol. The van der Waals surface area contributed by atoms with Crippen molar-refractivity contribution in [1.29, 1.82) is 0 Å². The average molecular weight is 395 g/mol. The number of hydrogen-bond acceptors (Lipinski definition) is 3. The number of anilines is 1. The molecule has 154 valence electrons. The Hall–Kier alpha value is -2.53. The van der Waals surface area contributed by atoms with Crippen LogP contribution in [0.3, 0.4) is 0 Å². The van der Waals surface area contributed by atoms with E-state index in [2.05, 4.69) is 52.3 Å². The van der Waals surface area contributed by atoms with Crippen LogP contribution in [0, 0.1) is 5.92 Å². The molecular weight excluding hydrogens is 362 g/mol. The molecule has 4 rings (SSSR count). The van der Waals surface area contributed by atoms with Crippen LogP contribution in [0.2, 0.25) is 0 Å². The van der Waals surface area contributed by atoms with Gasteiger partial charge in [-0.25, -0.2) is 0 Å². The maximum absolute atomic E-state index is 13.0. The lowest BCUT2D eigenvalue weighted by molar-refractivity contribution is -0.919. The smallest absolute Gasteiger partial charge is 0.226 e. The molecule has 0 bridgehead atoms. The van der Waals surface area contributed by atoms with Crippen molar-refractivity contribution in [3.05, 3.63) is 60.2 Å². The van der Waals surface area contributed by atoms with E-state index in [-0.39, 0.29) is 5.92 Å². The Morgan fingerprint density at radius 1 is 1.00 bits per heavy atom. The maximum Gasteiger partial charge on any atom is 0.226 e. The van der Waals surface area contributed by atoms with Gasteiger partial charge in [-0.05, 0) is 24.3 Å². The number of carbonyl (C=O) groups is 1. The van der Waals surface area contributed by atoms with Crippen LogP contribution >= 0.6 is 0 Å². The Morgan fingerprint density at radius 3 is 2.41 bits per heavy atom. The molecule has 29 heavy (non-hydrogen) atoms. The first-order chi connectivity index (χ1) is 14.2. The molecule has 2 heterocycles. The quantitative estimate of drug-likeness (QED) is 0.841. The van der Waals surface area contributed by atoms with Crippen molar-refractivity contribution in [3.8, 4) is 5.75 Å². The van der Waals surface area contributed by atoms with Gasteiger partial charge in [0.25, 0.3) is 0 Å². The molecule has 2 aliphatic rings. The molecule has 2 aromatic rings. The molecule has 1 N–H and O–H groups in total. The molecule has 2 aliphatic heterocycles. The van der Waals surface area contributed by atoms with Crippen molar-refractivity contribution in [3.63, 3.8) is 0 Å². The Bertz CT molecular complexity index is 795. The van der Waals surface area contributed by atoms with E-state index >= 15 is 0 Å². The largest absolute Gasteiger partial charge is 0.497 e. The van der Waals surface area contributed by atoms with Gasteiger partial charge in [0.2, 0.25) is 5.91 Å². The second kappa shape index (κ2) is 9.31. The first kappa shape index (κ1) is 19.8. The van der Waals surface area contributed by atoms with Crippen molar-refractivity contribution in [1.82, 2.24) is 4.90 Å². The van der Waals surface area contributed by atoms with Crippen LogP contribution in [-0.2, 0) is 11.3 Å². The van der Waals surface area contributed by atoms with Gasteiger partial charge in [-0.2, -0.15) is 0 Å². The van der Waals surface area contributed by atoms with Gasteiger partial charge in [-0.1, -0.05) is 30.3 Å². The van der Waals surface area contributed by atoms with E-state index in [4.69, 9.17) is 4.74 Å². The minimum Gasteiger partial charge on any atom is -0.497 e. The highest BCUT2D eigenvalue weighted by Crippen LogP contribution is 2.19. The Kier molecular flexibility index (Phi) is 6.35. The number of piperazine rings is 1. The van der Waals surface area contributed by atoms with E-state index in [9.17, 15) is 4.79 Å². The fourth-order valence-corrected chi connectivity index (χ4v) is 4.60. The van der Waals surface area contributed by atoms with Crippen LogP contribution in [0.4, 0.5) is 5.69 Å². The zero-order valence-electron chi connectivity index (χ0n) is 17.3. The molecule has 0 aliphatic carbocycles. The minimum atomic E-state index is 0.201. The summed E-state index contributed by atoms with van der Waals surface area (Å²) in [5.74, 6) is 1.49. The van der Waals surface area contributed by atoms with E-state index in [0.29, 0.717) is 5.91 Å². The first-order valence-electron chi connectivity index (χ1n) is 10.8. The van der Waals surface area contributed by atoms with Crippen LogP contribution < -0.4 is 14.5 Å². The Balaban J connectivity index is 1.24. The van der Waals surface area contributed by atoms with E-state index in [1.165, 1.54) is 11.3 Å². The topological polar surface area (TPSA) is 37.2 Å². The summed E-state index contributed by atoms with van der Waals surface area (Å²) in [6.07, 6.45) is 1.99. The zero-order chi connectivity index (χ0) is 20.1. The van der Waals surface area contributed by atoms with Gasteiger partial charge in [0.15, 0.2) is 0 Å². The van der Waals surface area contributed by atoms with Crippen LogP contribution in [0.1, 0.15) is 18.4 Å². The van der Waals surface area contributed by atoms with Crippen molar-refractivity contribution >= 4 is 11.6 Å². The lowest BCUT2D eigenvalue weighted by Gasteiger charge is -2.38. The molecule has 5 nitrogen and oxygen atoms in total. The number of quaternary nitrogens is 1. The number of nitrogens with zero attached hydrogens (tertiary/aromatic N) is 2. The predicted octanol–water partition coefficient (Wildman–Crippen LogP) is 1.84. The number of ether oxygens (including phenoxy) is 1. The number of amides is 1. The van der Waals surface area contributed by atoms with Crippen molar-refractivity contribution in [2.75, 3.05) is 51.3 Å². The summed E-state index contributed by atoms with van der Waals surface area (Å²) in [6.45, 7) is 6.67. The Morgan fingerprint density at radius 2 is 1.72 bits per heavy atom. The van der Waals surface area contributed by atoms with E-state index in [0.717, 1.165) is 64.4 Å². The second-order valence-electron chi connectivity index (χ2n) is 8.20. The molecule has 0 spiro atoms. The van der Waals surface area contributed by atoms with Gasteiger partial charge in [-0.3, -0.25) is 4.79 Å². The zero-order valence-corrected chi connectivity index (χ0v) is 17.3. The molecule has 5 heteroatoms. The highest BCUT2D eigenvalue weighted by molar-refractivity contribution is 5.79. The summed E-state index contributed by atoms with van der Waals surface area (Å²) in [6, 6.07) is 18.8. The number of benzene rings is 2. The molecule has 2 fully saturated rings. The van der Waals surface area contributed by atoms with Crippen LogP contribution in [0.25, 0.3) is 0 Å². The normalized spacial score (nSPS) is 22.4. The molecule has 0 atom stereocenters. The number of piperidine rings is 1. The van der Waals surface area contributed by atoms with Gasteiger partial charge in [-0.15, -0.1) is 0 Å². The molecule has 0 radical (unpaired) electrons. The monoisotopic (exact) mass is 394 g/mol. The summed E-state index contributed by atoms with van der Waals surface area (Å²) in [4.78, 5) is 19.1. The van der Waals surface area contributed by atoms with Gasteiger partial charge < -0.3 is 19.4 Å². The third-order valence-corrected chi connectivity index (χ3v) is 6.34. The molecule has 0 unspecified atom stereocenters. The number of likely N-dealkylation sites (tertiary alicyclic amines) is 1. The summed E-state index contributed by atoms with van der Waals surface area (Å²) >= 11 is 0. The number of nitrogens with one attached hydrogen (secondary N) is 1. The van der Waals surface area contributed by atoms with Gasteiger partial charge in [0.1, 0.15) is 12.3 Å². The van der Waals surface area contributed by atoms with Crippen molar-refractivity contribution in [2.45, 2.75) is 19.4 Å². The highest BCUT2D eigenvalue weighted by Gasteiger charge is 2.32. The van der Waals surface area contributed by atoms with E-state index in [1.807, 2.05) is 12.1 Å². The van der Waals surface area contributed by atoms with Gasteiger partial charge >= 0.3 is 0 Å². The van der Waals surface area contributed by atoms with Crippen LogP contribution in [0.5, 0.6) is 5.75 Å². The number of rotatable bonds is 5. The lowest BCUT2D eigenvalue weighted by Crippen LogP contribution is -3.11. The van der Waals surface area contributed by atoms with Gasteiger partial charge in [0, 0.05) is 56.2 Å². The maximum atomic E-state index is 13.0. The van der Waals surface area contributed by atoms with Crippen molar-refractivity contribution in [2.24, 2.45) is 5.92 Å². The third kappa shape index (κ3) is 4.91. The molecule has 1 amide bonds. The SMILES string of the molecule is COc1cccc(C[NH+]2CCC(C(=O)N3CCN(c4ccccc4)CC3)CC2)c1. The standard InChI is InChI=1S/C24H31N3O2/c1-29-23-9-5-6-20(18-23)19-25-12-10-21(11-13-25)24(28)27-16-14-26(15-17-27)22-7-3-2-4-8-22/h2-9,18,21H,10-17,19H2,1H3/p+1. The van der Waals surface area contributed by atoms with Crippen LogP contribution in [-0.4, -0.2) is 57.2 Å². The summed E-state index contributed by atoms with van der Waals surface area (Å²) in [5, 5.41) is 0.